The number of nitrogens with two attached hydrogens (primary N) is 1. The molecular formula is C17H17ClFN3O2. The summed E-state index contributed by atoms with van der Waals surface area (Å²) in [6, 6.07) is 9.14. The summed E-state index contributed by atoms with van der Waals surface area (Å²) in [5, 5.41) is 2.70. The van der Waals surface area contributed by atoms with Crippen molar-refractivity contribution in [2.24, 2.45) is 0 Å². The van der Waals surface area contributed by atoms with E-state index >= 15 is 0 Å². The van der Waals surface area contributed by atoms with Gasteiger partial charge in [0, 0.05) is 24.8 Å². The molecule has 0 saturated heterocycles. The number of hydrogen-bond donors (Lipinski definition) is 2. The molecule has 2 rings (SSSR count). The number of hydrogen-bond acceptors (Lipinski definition) is 3. The molecule has 126 valence electrons. The van der Waals surface area contributed by atoms with Crippen molar-refractivity contribution in [3.63, 3.8) is 0 Å². The molecule has 0 saturated carbocycles. The Morgan fingerprint density at radius 2 is 1.83 bits per heavy atom. The van der Waals surface area contributed by atoms with Crippen LogP contribution in [0, 0.1) is 5.82 Å². The number of rotatable bonds is 4. The van der Waals surface area contributed by atoms with Crippen molar-refractivity contribution in [2.75, 3.05) is 25.1 Å². The minimum absolute atomic E-state index is 0.0195. The molecule has 24 heavy (non-hydrogen) atoms. The molecule has 0 heterocycles. The van der Waals surface area contributed by atoms with Crippen LogP contribution in [-0.2, 0) is 11.2 Å². The second kappa shape index (κ2) is 7.31. The molecule has 0 aliphatic heterocycles. The van der Waals surface area contributed by atoms with Crippen molar-refractivity contribution in [2.45, 2.75) is 6.42 Å². The van der Waals surface area contributed by atoms with E-state index in [1.807, 2.05) is 0 Å². The van der Waals surface area contributed by atoms with Crippen molar-refractivity contribution in [3.05, 3.63) is 58.4 Å². The molecule has 0 aromatic heterocycles. The molecule has 0 unspecified atom stereocenters. The number of anilines is 2. The predicted octanol–water partition coefficient (Wildman–Crippen LogP) is 2.94. The van der Waals surface area contributed by atoms with Crippen molar-refractivity contribution < 1.29 is 14.0 Å². The topological polar surface area (TPSA) is 75.4 Å². The summed E-state index contributed by atoms with van der Waals surface area (Å²) >= 11 is 5.75. The number of benzene rings is 2. The molecule has 0 bridgehead atoms. The summed E-state index contributed by atoms with van der Waals surface area (Å²) in [5.74, 6) is -1.33. The van der Waals surface area contributed by atoms with Crippen molar-refractivity contribution in [3.8, 4) is 0 Å². The Hall–Kier alpha value is -2.60. The Morgan fingerprint density at radius 3 is 2.42 bits per heavy atom. The Bertz CT molecular complexity index is 776. The number of carbonyl (C=O) groups excluding carboxylic acids is 2. The van der Waals surface area contributed by atoms with E-state index in [0.717, 1.165) is 11.6 Å². The number of halogens is 2. The zero-order valence-electron chi connectivity index (χ0n) is 13.3. The van der Waals surface area contributed by atoms with Gasteiger partial charge in [0.2, 0.25) is 5.91 Å². The quantitative estimate of drug-likeness (QED) is 0.833. The van der Waals surface area contributed by atoms with Gasteiger partial charge in [-0.15, -0.1) is 0 Å². The molecule has 0 aliphatic carbocycles. The molecule has 0 spiro atoms. The highest BCUT2D eigenvalue weighted by atomic mass is 35.5. The molecule has 0 atom stereocenters. The van der Waals surface area contributed by atoms with Crippen LogP contribution >= 0.6 is 11.6 Å². The van der Waals surface area contributed by atoms with Crippen LogP contribution in [0.5, 0.6) is 0 Å². The largest absolute Gasteiger partial charge is 0.396 e. The fourth-order valence-electron chi connectivity index (χ4n) is 2.01. The Labute approximate surface area is 144 Å². The third-order valence-electron chi connectivity index (χ3n) is 3.40. The Morgan fingerprint density at radius 1 is 1.21 bits per heavy atom. The average molecular weight is 350 g/mol. The fourth-order valence-corrected chi connectivity index (χ4v) is 2.21. The first-order valence-corrected chi connectivity index (χ1v) is 7.50. The molecule has 2 aromatic carbocycles. The number of nitrogen functional groups attached to an aromatic ring is 1. The van der Waals surface area contributed by atoms with E-state index in [4.69, 9.17) is 17.3 Å². The SMILES string of the molecule is CN(C)C(=O)Cc1ccc(NC(=O)c2cc(Cl)cc(F)c2N)cc1. The number of amides is 2. The van der Waals surface area contributed by atoms with E-state index in [0.29, 0.717) is 5.69 Å². The number of likely N-dealkylation sites (N-methyl/N-ethyl adjacent to an activating group) is 1. The molecule has 3 N–H and O–H groups in total. The highest BCUT2D eigenvalue weighted by molar-refractivity contribution is 6.31. The van der Waals surface area contributed by atoms with Gasteiger partial charge in [0.25, 0.3) is 5.91 Å². The van der Waals surface area contributed by atoms with Gasteiger partial charge in [0.05, 0.1) is 17.7 Å². The zero-order chi connectivity index (χ0) is 17.9. The summed E-state index contributed by atoms with van der Waals surface area (Å²) in [6.45, 7) is 0. The third-order valence-corrected chi connectivity index (χ3v) is 3.62. The minimum atomic E-state index is -0.745. The van der Waals surface area contributed by atoms with Crippen LogP contribution in [0.15, 0.2) is 36.4 Å². The molecule has 0 fully saturated rings. The Kier molecular flexibility index (Phi) is 5.41. The van der Waals surface area contributed by atoms with Gasteiger partial charge in [-0.1, -0.05) is 23.7 Å². The summed E-state index contributed by atoms with van der Waals surface area (Å²) < 4.78 is 13.6. The van der Waals surface area contributed by atoms with E-state index in [2.05, 4.69) is 5.32 Å². The maximum atomic E-state index is 13.6. The monoisotopic (exact) mass is 349 g/mol. The van der Waals surface area contributed by atoms with E-state index in [9.17, 15) is 14.0 Å². The van der Waals surface area contributed by atoms with Gasteiger partial charge in [0.1, 0.15) is 5.82 Å². The van der Waals surface area contributed by atoms with Gasteiger partial charge in [-0.25, -0.2) is 4.39 Å². The first-order valence-electron chi connectivity index (χ1n) is 7.13. The molecule has 7 heteroatoms. The van der Waals surface area contributed by atoms with E-state index in [1.165, 1.54) is 11.0 Å². The van der Waals surface area contributed by atoms with E-state index in [1.54, 1.807) is 38.4 Å². The maximum absolute atomic E-state index is 13.6. The van der Waals surface area contributed by atoms with Gasteiger partial charge in [0.15, 0.2) is 0 Å². The lowest BCUT2D eigenvalue weighted by Gasteiger charge is -2.11. The normalized spacial score (nSPS) is 10.3. The van der Waals surface area contributed by atoms with Crippen LogP contribution in [0.2, 0.25) is 5.02 Å². The van der Waals surface area contributed by atoms with E-state index < -0.39 is 11.7 Å². The lowest BCUT2D eigenvalue weighted by molar-refractivity contribution is -0.127. The van der Waals surface area contributed by atoms with Crippen LogP contribution in [-0.4, -0.2) is 30.8 Å². The van der Waals surface area contributed by atoms with Crippen LogP contribution in [0.4, 0.5) is 15.8 Å². The van der Waals surface area contributed by atoms with Gasteiger partial charge in [-0.3, -0.25) is 9.59 Å². The number of nitrogens with zero attached hydrogens (tertiary/aromatic N) is 1. The lowest BCUT2D eigenvalue weighted by atomic mass is 10.1. The van der Waals surface area contributed by atoms with Gasteiger partial charge in [-0.05, 0) is 29.8 Å². The minimum Gasteiger partial charge on any atom is -0.396 e. The summed E-state index contributed by atoms with van der Waals surface area (Å²) in [6.07, 6.45) is 0.272. The van der Waals surface area contributed by atoms with Crippen LogP contribution < -0.4 is 11.1 Å². The molecule has 0 aliphatic rings. The maximum Gasteiger partial charge on any atom is 0.257 e. The molecule has 0 radical (unpaired) electrons. The predicted molar refractivity (Wildman–Crippen MR) is 92.6 cm³/mol. The number of nitrogens with one attached hydrogen (secondary N) is 1. The first-order chi connectivity index (χ1) is 11.3. The van der Waals surface area contributed by atoms with Crippen LogP contribution in [0.3, 0.4) is 0 Å². The molecule has 2 aromatic rings. The van der Waals surface area contributed by atoms with Crippen LogP contribution in [0.25, 0.3) is 0 Å². The van der Waals surface area contributed by atoms with Crippen molar-refractivity contribution >= 4 is 34.8 Å². The molecule has 2 amide bonds. The second-order valence-corrected chi connectivity index (χ2v) is 5.90. The smallest absolute Gasteiger partial charge is 0.257 e. The number of carbonyl (C=O) groups is 2. The summed E-state index contributed by atoms with van der Waals surface area (Å²) in [4.78, 5) is 25.4. The zero-order valence-corrected chi connectivity index (χ0v) is 14.0. The fraction of sp³-hybridized carbons (Fsp3) is 0.176. The molecule has 5 nitrogen and oxygen atoms in total. The van der Waals surface area contributed by atoms with Gasteiger partial charge < -0.3 is 16.0 Å². The average Bonchev–Trinajstić information content (AvgIpc) is 2.52. The highest BCUT2D eigenvalue weighted by Crippen LogP contribution is 2.23. The Balaban J connectivity index is 2.11. The van der Waals surface area contributed by atoms with Gasteiger partial charge >= 0.3 is 0 Å². The van der Waals surface area contributed by atoms with Gasteiger partial charge in [-0.2, -0.15) is 0 Å². The standard InChI is InChI=1S/C17H17ClFN3O2/c1-22(2)15(23)7-10-3-5-12(6-4-10)21-17(24)13-8-11(18)9-14(19)16(13)20/h3-6,8-9H,7,20H2,1-2H3,(H,21,24). The van der Waals surface area contributed by atoms with Crippen molar-refractivity contribution in [1.82, 2.24) is 4.90 Å². The lowest BCUT2D eigenvalue weighted by Crippen LogP contribution is -2.23. The van der Waals surface area contributed by atoms with E-state index in [-0.39, 0.29) is 28.6 Å². The summed E-state index contributed by atoms with van der Waals surface area (Å²) in [7, 11) is 3.37. The second-order valence-electron chi connectivity index (χ2n) is 5.46. The third kappa shape index (κ3) is 4.23. The van der Waals surface area contributed by atoms with Crippen molar-refractivity contribution in [1.29, 1.82) is 0 Å². The highest BCUT2D eigenvalue weighted by Gasteiger charge is 2.15. The van der Waals surface area contributed by atoms with Crippen LogP contribution in [0.1, 0.15) is 15.9 Å². The summed E-state index contributed by atoms with van der Waals surface area (Å²) in [5.41, 5.74) is 6.60. The molecular weight excluding hydrogens is 333 g/mol. The first kappa shape index (κ1) is 17.7.